The Balaban J connectivity index is 2.15. The molecule has 1 fully saturated rings. The van der Waals surface area contributed by atoms with Crippen molar-refractivity contribution in [1.82, 2.24) is 15.5 Å². The summed E-state index contributed by atoms with van der Waals surface area (Å²) in [6.07, 6.45) is 0. The maximum Gasteiger partial charge on any atom is 0.246 e. The summed E-state index contributed by atoms with van der Waals surface area (Å²) >= 11 is 0. The molecular formula is C14H29N3O2. The number of ether oxygens (including phenoxy) is 1. The Morgan fingerprint density at radius 2 is 1.89 bits per heavy atom. The summed E-state index contributed by atoms with van der Waals surface area (Å²) in [4.78, 5) is 14.0. The molecule has 5 nitrogen and oxygen atoms in total. The average molecular weight is 271 g/mol. The Kier molecular flexibility index (Phi) is 6.23. The van der Waals surface area contributed by atoms with E-state index in [9.17, 15) is 4.79 Å². The second kappa shape index (κ2) is 7.22. The van der Waals surface area contributed by atoms with Crippen molar-refractivity contribution in [3.63, 3.8) is 0 Å². The molecule has 0 atom stereocenters. The lowest BCUT2D eigenvalue weighted by Gasteiger charge is -2.38. The van der Waals surface area contributed by atoms with Gasteiger partial charge in [-0.3, -0.25) is 9.69 Å². The van der Waals surface area contributed by atoms with Crippen LogP contribution in [0.15, 0.2) is 0 Å². The number of carbonyl (C=O) groups excluding carboxylic acids is 1. The van der Waals surface area contributed by atoms with Crippen LogP contribution in [0.5, 0.6) is 0 Å². The third-order valence-corrected chi connectivity index (χ3v) is 3.57. The fourth-order valence-electron chi connectivity index (χ4n) is 2.31. The molecule has 1 rings (SSSR count). The van der Waals surface area contributed by atoms with Crippen LogP contribution in [0, 0.1) is 0 Å². The van der Waals surface area contributed by atoms with E-state index >= 15 is 0 Å². The molecule has 5 heteroatoms. The Morgan fingerprint density at radius 1 is 1.32 bits per heavy atom. The van der Waals surface area contributed by atoms with Crippen LogP contribution in [0.1, 0.15) is 34.6 Å². The standard InChI is InChI=1S/C14H29N3O2/c1-11(2)17(12(3)4)7-6-16-13(18)8-19-14(5)9-15-10-14/h11-12,15H,6-10H2,1-5H3,(H,16,18). The summed E-state index contributed by atoms with van der Waals surface area (Å²) in [7, 11) is 0. The van der Waals surface area contributed by atoms with Crippen LogP contribution in [0.2, 0.25) is 0 Å². The first kappa shape index (κ1) is 16.4. The minimum atomic E-state index is -0.154. The topological polar surface area (TPSA) is 53.6 Å². The predicted octanol–water partition coefficient (Wildman–Crippen LogP) is 0.600. The Morgan fingerprint density at radius 3 is 2.32 bits per heavy atom. The molecule has 0 unspecified atom stereocenters. The van der Waals surface area contributed by atoms with Gasteiger partial charge >= 0.3 is 0 Å². The van der Waals surface area contributed by atoms with Crippen LogP contribution in [-0.4, -0.2) is 61.3 Å². The zero-order chi connectivity index (χ0) is 14.5. The first-order chi connectivity index (χ1) is 8.84. The van der Waals surface area contributed by atoms with Gasteiger partial charge < -0.3 is 15.4 Å². The Hall–Kier alpha value is -0.650. The van der Waals surface area contributed by atoms with E-state index in [0.29, 0.717) is 18.6 Å². The first-order valence-electron chi connectivity index (χ1n) is 7.21. The molecular weight excluding hydrogens is 242 g/mol. The van der Waals surface area contributed by atoms with Gasteiger partial charge in [0.25, 0.3) is 0 Å². The number of carbonyl (C=O) groups is 1. The fraction of sp³-hybridized carbons (Fsp3) is 0.929. The molecule has 0 bridgehead atoms. The summed E-state index contributed by atoms with van der Waals surface area (Å²) in [5.41, 5.74) is -0.154. The smallest absolute Gasteiger partial charge is 0.246 e. The van der Waals surface area contributed by atoms with Crippen molar-refractivity contribution in [2.75, 3.05) is 32.8 Å². The quantitative estimate of drug-likeness (QED) is 0.679. The van der Waals surface area contributed by atoms with Gasteiger partial charge in [0.1, 0.15) is 6.61 Å². The number of nitrogens with one attached hydrogen (secondary N) is 2. The van der Waals surface area contributed by atoms with Crippen molar-refractivity contribution in [3.8, 4) is 0 Å². The molecule has 112 valence electrons. The van der Waals surface area contributed by atoms with Gasteiger partial charge in [-0.1, -0.05) is 0 Å². The highest BCUT2D eigenvalue weighted by Gasteiger charge is 2.32. The van der Waals surface area contributed by atoms with E-state index in [4.69, 9.17) is 4.74 Å². The molecule has 0 radical (unpaired) electrons. The molecule has 1 aliphatic rings. The maximum atomic E-state index is 11.7. The van der Waals surface area contributed by atoms with Gasteiger partial charge in [0.2, 0.25) is 5.91 Å². The highest BCUT2D eigenvalue weighted by molar-refractivity contribution is 5.77. The lowest BCUT2D eigenvalue weighted by molar-refractivity contribution is -0.135. The summed E-state index contributed by atoms with van der Waals surface area (Å²) in [5.74, 6) is -0.0272. The van der Waals surface area contributed by atoms with Crippen molar-refractivity contribution in [1.29, 1.82) is 0 Å². The number of amides is 1. The highest BCUT2D eigenvalue weighted by Crippen LogP contribution is 2.14. The number of hydrogen-bond donors (Lipinski definition) is 2. The molecule has 0 spiro atoms. The normalized spacial score (nSPS) is 17.9. The summed E-state index contributed by atoms with van der Waals surface area (Å²) in [6, 6.07) is 0.987. The monoisotopic (exact) mass is 271 g/mol. The zero-order valence-electron chi connectivity index (χ0n) is 13.0. The first-order valence-corrected chi connectivity index (χ1v) is 7.21. The third-order valence-electron chi connectivity index (χ3n) is 3.57. The van der Waals surface area contributed by atoms with Crippen molar-refractivity contribution in [3.05, 3.63) is 0 Å². The minimum Gasteiger partial charge on any atom is -0.363 e. The van der Waals surface area contributed by atoms with Crippen LogP contribution in [0.25, 0.3) is 0 Å². The van der Waals surface area contributed by atoms with Crippen LogP contribution < -0.4 is 10.6 Å². The molecule has 0 aromatic heterocycles. The van der Waals surface area contributed by atoms with Gasteiger partial charge in [-0.05, 0) is 34.6 Å². The minimum absolute atomic E-state index is 0.0272. The summed E-state index contributed by atoms with van der Waals surface area (Å²) in [5, 5.41) is 6.06. The van der Waals surface area contributed by atoms with E-state index < -0.39 is 0 Å². The SMILES string of the molecule is CC(C)N(CCNC(=O)COC1(C)CNC1)C(C)C. The highest BCUT2D eigenvalue weighted by atomic mass is 16.5. The van der Waals surface area contributed by atoms with Crippen molar-refractivity contribution in [2.24, 2.45) is 0 Å². The van der Waals surface area contributed by atoms with Crippen molar-refractivity contribution in [2.45, 2.75) is 52.3 Å². The molecule has 0 aromatic carbocycles. The molecule has 0 saturated carbocycles. The molecule has 2 N–H and O–H groups in total. The molecule has 1 heterocycles. The van der Waals surface area contributed by atoms with E-state index in [1.54, 1.807) is 0 Å². The van der Waals surface area contributed by atoms with Crippen molar-refractivity contribution >= 4 is 5.91 Å². The molecule has 0 aromatic rings. The van der Waals surface area contributed by atoms with Crippen LogP contribution in [0.3, 0.4) is 0 Å². The number of hydrogen-bond acceptors (Lipinski definition) is 4. The van der Waals surface area contributed by atoms with Gasteiger partial charge in [0, 0.05) is 38.3 Å². The van der Waals surface area contributed by atoms with Gasteiger partial charge in [-0.25, -0.2) is 0 Å². The summed E-state index contributed by atoms with van der Waals surface area (Å²) < 4.78 is 5.59. The fourth-order valence-corrected chi connectivity index (χ4v) is 2.31. The summed E-state index contributed by atoms with van der Waals surface area (Å²) in [6.45, 7) is 14.1. The van der Waals surface area contributed by atoms with Gasteiger partial charge in [-0.15, -0.1) is 0 Å². The number of rotatable bonds is 8. The second-order valence-electron chi connectivity index (χ2n) is 6.12. The average Bonchev–Trinajstić information content (AvgIpc) is 2.28. The van der Waals surface area contributed by atoms with E-state index in [1.807, 2.05) is 6.92 Å². The van der Waals surface area contributed by atoms with Crippen LogP contribution in [0.4, 0.5) is 0 Å². The molecule has 0 aliphatic carbocycles. The molecule has 1 aliphatic heterocycles. The van der Waals surface area contributed by atoms with E-state index in [1.165, 1.54) is 0 Å². The van der Waals surface area contributed by atoms with Gasteiger partial charge in [0.05, 0.1) is 5.60 Å². The van der Waals surface area contributed by atoms with Crippen molar-refractivity contribution < 1.29 is 9.53 Å². The maximum absolute atomic E-state index is 11.7. The van der Waals surface area contributed by atoms with E-state index in [2.05, 4.69) is 43.2 Å². The van der Waals surface area contributed by atoms with Crippen LogP contribution >= 0.6 is 0 Å². The lowest BCUT2D eigenvalue weighted by Crippen LogP contribution is -2.59. The van der Waals surface area contributed by atoms with E-state index in [-0.39, 0.29) is 18.1 Å². The molecule has 1 amide bonds. The lowest BCUT2D eigenvalue weighted by atomic mass is 10.0. The number of nitrogens with zero attached hydrogens (tertiary/aromatic N) is 1. The van der Waals surface area contributed by atoms with Gasteiger partial charge in [-0.2, -0.15) is 0 Å². The Bertz CT molecular complexity index is 280. The predicted molar refractivity (Wildman–Crippen MR) is 77.2 cm³/mol. The molecule has 19 heavy (non-hydrogen) atoms. The Labute approximate surface area is 117 Å². The second-order valence-corrected chi connectivity index (χ2v) is 6.12. The zero-order valence-corrected chi connectivity index (χ0v) is 13.0. The van der Waals surface area contributed by atoms with E-state index in [0.717, 1.165) is 19.6 Å². The van der Waals surface area contributed by atoms with Gasteiger partial charge in [0.15, 0.2) is 0 Å². The largest absolute Gasteiger partial charge is 0.363 e. The van der Waals surface area contributed by atoms with Crippen LogP contribution in [-0.2, 0) is 9.53 Å². The molecule has 1 saturated heterocycles. The third kappa shape index (κ3) is 5.47.